The minimum Gasteiger partial charge on any atom is -0.487 e. The number of rotatable bonds is 8. The van der Waals surface area contributed by atoms with Gasteiger partial charge >= 0.3 is 0 Å². The second-order valence-electron chi connectivity index (χ2n) is 3.63. The molecule has 0 fully saturated rings. The van der Waals surface area contributed by atoms with Crippen molar-refractivity contribution in [1.82, 2.24) is 0 Å². The molecule has 5 heteroatoms. The molecule has 0 aliphatic carbocycles. The fourth-order valence-electron chi connectivity index (χ4n) is 1.32. The third-order valence-corrected chi connectivity index (χ3v) is 2.19. The molecule has 0 amide bonds. The summed E-state index contributed by atoms with van der Waals surface area (Å²) in [6.07, 6.45) is 0. The number of hydrogen-bond acceptors (Lipinski definition) is 4. The third kappa shape index (κ3) is 5.11. The van der Waals surface area contributed by atoms with Crippen molar-refractivity contribution in [1.29, 1.82) is 0 Å². The molecule has 0 aliphatic rings. The zero-order valence-electron chi connectivity index (χ0n) is 10.7. The molecule has 17 heavy (non-hydrogen) atoms. The molecular formula is C12H19BO4. The zero-order valence-corrected chi connectivity index (χ0v) is 10.7. The summed E-state index contributed by atoms with van der Waals surface area (Å²) in [5, 5.41) is 0. The summed E-state index contributed by atoms with van der Waals surface area (Å²) in [5.74, 6) is 1.49. The lowest BCUT2D eigenvalue weighted by molar-refractivity contribution is 0.132. The lowest BCUT2D eigenvalue weighted by atomic mass is 9.96. The molecule has 0 unspecified atom stereocenters. The van der Waals surface area contributed by atoms with Crippen LogP contribution in [0.2, 0.25) is 0 Å². The molecule has 94 valence electrons. The van der Waals surface area contributed by atoms with E-state index < -0.39 is 0 Å². The van der Waals surface area contributed by atoms with E-state index >= 15 is 0 Å². The van der Waals surface area contributed by atoms with Gasteiger partial charge in [-0.15, -0.1) is 0 Å². The first-order chi connectivity index (χ1) is 8.27. The number of hydrogen-bond donors (Lipinski definition) is 0. The largest absolute Gasteiger partial charge is 0.487 e. The van der Waals surface area contributed by atoms with Crippen LogP contribution in [0.4, 0.5) is 0 Å². The summed E-state index contributed by atoms with van der Waals surface area (Å²) in [6, 6.07) is 5.86. The van der Waals surface area contributed by atoms with Crippen molar-refractivity contribution < 1.29 is 18.9 Å². The molecule has 0 heterocycles. The Kier molecular flexibility index (Phi) is 6.51. The average Bonchev–Trinajstić information content (AvgIpc) is 2.32. The van der Waals surface area contributed by atoms with Crippen LogP contribution in [0.3, 0.4) is 0 Å². The summed E-state index contributed by atoms with van der Waals surface area (Å²) in [7, 11) is 5.31. The van der Waals surface area contributed by atoms with E-state index in [0.717, 1.165) is 17.0 Å². The number of benzene rings is 1. The fraction of sp³-hybridized carbons (Fsp3) is 0.500. The molecule has 4 nitrogen and oxygen atoms in total. The van der Waals surface area contributed by atoms with E-state index in [4.69, 9.17) is 18.9 Å². The Labute approximate surface area is 103 Å². The smallest absolute Gasteiger partial charge is 0.161 e. The molecule has 0 N–H and O–H groups in total. The molecule has 0 atom stereocenters. The second-order valence-corrected chi connectivity index (χ2v) is 3.63. The summed E-state index contributed by atoms with van der Waals surface area (Å²) >= 11 is 0. The molecule has 1 rings (SSSR count). The van der Waals surface area contributed by atoms with Crippen LogP contribution in [-0.4, -0.2) is 48.5 Å². The highest BCUT2D eigenvalue weighted by Crippen LogP contribution is 2.25. The van der Waals surface area contributed by atoms with Gasteiger partial charge in [0.2, 0.25) is 0 Å². The van der Waals surface area contributed by atoms with Gasteiger partial charge in [0, 0.05) is 14.2 Å². The Bertz CT molecular complexity index is 330. The molecule has 0 aliphatic heterocycles. The Balaban J connectivity index is 2.59. The first-order valence-electron chi connectivity index (χ1n) is 5.62. The van der Waals surface area contributed by atoms with Crippen molar-refractivity contribution >= 4 is 13.3 Å². The second kappa shape index (κ2) is 7.98. The maximum absolute atomic E-state index is 5.60. The Hall–Kier alpha value is -1.20. The van der Waals surface area contributed by atoms with E-state index in [0.29, 0.717) is 26.4 Å². The van der Waals surface area contributed by atoms with Crippen molar-refractivity contribution in [2.45, 2.75) is 0 Å². The lowest BCUT2D eigenvalue weighted by Gasteiger charge is -2.13. The molecule has 1 aromatic rings. The topological polar surface area (TPSA) is 36.9 Å². The van der Waals surface area contributed by atoms with Gasteiger partial charge in [0.15, 0.2) is 11.5 Å². The molecule has 0 radical (unpaired) electrons. The molecular weight excluding hydrogens is 219 g/mol. The Morgan fingerprint density at radius 2 is 1.47 bits per heavy atom. The highest BCUT2D eigenvalue weighted by Gasteiger charge is 2.05. The van der Waals surface area contributed by atoms with Crippen LogP contribution in [0.5, 0.6) is 11.5 Å². The molecule has 0 saturated carbocycles. The average molecular weight is 238 g/mol. The first kappa shape index (κ1) is 13.9. The maximum atomic E-state index is 5.60. The van der Waals surface area contributed by atoms with Gasteiger partial charge in [-0.3, -0.25) is 0 Å². The maximum Gasteiger partial charge on any atom is 0.161 e. The predicted molar refractivity (Wildman–Crippen MR) is 69.4 cm³/mol. The van der Waals surface area contributed by atoms with Crippen LogP contribution in [0, 0.1) is 0 Å². The quantitative estimate of drug-likeness (QED) is 0.471. The van der Waals surface area contributed by atoms with E-state index in [9.17, 15) is 0 Å². The van der Waals surface area contributed by atoms with Crippen LogP contribution in [0.1, 0.15) is 0 Å². The van der Waals surface area contributed by atoms with Gasteiger partial charge in [0.25, 0.3) is 0 Å². The van der Waals surface area contributed by atoms with Crippen molar-refractivity contribution in [3.63, 3.8) is 0 Å². The van der Waals surface area contributed by atoms with Crippen molar-refractivity contribution in [2.75, 3.05) is 40.6 Å². The van der Waals surface area contributed by atoms with Crippen LogP contribution in [0.15, 0.2) is 18.2 Å². The fourth-order valence-corrected chi connectivity index (χ4v) is 1.32. The summed E-state index contributed by atoms with van der Waals surface area (Å²) in [6.45, 7) is 2.15. The van der Waals surface area contributed by atoms with Gasteiger partial charge in [-0.05, 0) is 12.1 Å². The predicted octanol–water partition coefficient (Wildman–Crippen LogP) is -0.00460. The van der Waals surface area contributed by atoms with Crippen molar-refractivity contribution in [2.24, 2.45) is 0 Å². The minimum atomic E-state index is 0.514. The monoisotopic (exact) mass is 238 g/mol. The SMILES string of the molecule is Bc1ccc(OCCOC)c(OCCOC)c1. The summed E-state index contributed by atoms with van der Waals surface area (Å²) < 4.78 is 21.1. The van der Waals surface area contributed by atoms with Crippen LogP contribution >= 0.6 is 0 Å². The highest BCUT2D eigenvalue weighted by atomic mass is 16.5. The van der Waals surface area contributed by atoms with Gasteiger partial charge in [-0.25, -0.2) is 0 Å². The molecule has 0 saturated heterocycles. The number of methoxy groups -OCH3 is 2. The normalized spacial score (nSPS) is 10.2. The van der Waals surface area contributed by atoms with Crippen LogP contribution in [-0.2, 0) is 9.47 Å². The van der Waals surface area contributed by atoms with Gasteiger partial charge in [-0.2, -0.15) is 0 Å². The molecule has 1 aromatic carbocycles. The minimum absolute atomic E-state index is 0.514. The highest BCUT2D eigenvalue weighted by molar-refractivity contribution is 6.32. The standard InChI is InChI=1S/C12H19BO4/c1-14-5-7-16-11-4-3-10(13)9-12(11)17-8-6-15-2/h3-4,9H,5-8,13H2,1-2H3. The van der Waals surface area contributed by atoms with Gasteiger partial charge < -0.3 is 18.9 Å². The summed E-state index contributed by atoms with van der Waals surface area (Å²) in [4.78, 5) is 0. The van der Waals surface area contributed by atoms with Gasteiger partial charge in [0.05, 0.1) is 13.2 Å². The van der Waals surface area contributed by atoms with E-state index in [1.165, 1.54) is 0 Å². The molecule has 0 aromatic heterocycles. The van der Waals surface area contributed by atoms with Crippen LogP contribution in [0.25, 0.3) is 0 Å². The van der Waals surface area contributed by atoms with E-state index in [1.807, 2.05) is 26.0 Å². The zero-order chi connectivity index (χ0) is 12.5. The van der Waals surface area contributed by atoms with Crippen molar-refractivity contribution in [3.05, 3.63) is 18.2 Å². The Morgan fingerprint density at radius 1 is 0.882 bits per heavy atom. The van der Waals surface area contributed by atoms with Gasteiger partial charge in [-0.1, -0.05) is 11.5 Å². The number of ether oxygens (including phenoxy) is 4. The van der Waals surface area contributed by atoms with Gasteiger partial charge in [0.1, 0.15) is 21.1 Å². The molecule has 0 bridgehead atoms. The molecule has 0 spiro atoms. The van der Waals surface area contributed by atoms with E-state index in [-0.39, 0.29) is 0 Å². The third-order valence-electron chi connectivity index (χ3n) is 2.19. The van der Waals surface area contributed by atoms with E-state index in [1.54, 1.807) is 14.2 Å². The van der Waals surface area contributed by atoms with Crippen LogP contribution < -0.4 is 14.9 Å². The Morgan fingerprint density at radius 3 is 2.06 bits per heavy atom. The first-order valence-corrected chi connectivity index (χ1v) is 5.62. The van der Waals surface area contributed by atoms with Crippen molar-refractivity contribution in [3.8, 4) is 11.5 Å². The summed E-state index contributed by atoms with van der Waals surface area (Å²) in [5.41, 5.74) is 1.14. The lowest BCUT2D eigenvalue weighted by Crippen LogP contribution is -2.11. The van der Waals surface area contributed by atoms with E-state index in [2.05, 4.69) is 0 Å².